The Balaban J connectivity index is 1.70. The lowest BCUT2D eigenvalue weighted by Gasteiger charge is -2.14. The summed E-state index contributed by atoms with van der Waals surface area (Å²) in [6.07, 6.45) is 1.74. The van der Waals surface area contributed by atoms with Crippen molar-refractivity contribution >= 4 is 46.6 Å². The molecule has 3 aromatic rings. The van der Waals surface area contributed by atoms with E-state index in [2.05, 4.69) is 29.4 Å². The van der Waals surface area contributed by atoms with Gasteiger partial charge in [-0.2, -0.15) is 0 Å². The number of hydrogen-bond donors (Lipinski definition) is 1. The third-order valence-corrected chi connectivity index (χ3v) is 6.37. The number of carbonyl (C=O) groups is 1. The van der Waals surface area contributed by atoms with Gasteiger partial charge in [0.25, 0.3) is 0 Å². The molecule has 1 amide bonds. The van der Waals surface area contributed by atoms with Crippen molar-refractivity contribution < 1.29 is 4.79 Å². The maximum atomic E-state index is 12.6. The van der Waals surface area contributed by atoms with Gasteiger partial charge in [-0.05, 0) is 42.2 Å². The van der Waals surface area contributed by atoms with Crippen LogP contribution in [0.5, 0.6) is 0 Å². The molecule has 0 spiro atoms. The highest BCUT2D eigenvalue weighted by molar-refractivity contribution is 7.99. The summed E-state index contributed by atoms with van der Waals surface area (Å²) in [5, 5.41) is 13.1. The van der Waals surface area contributed by atoms with E-state index >= 15 is 0 Å². The average molecular weight is 449 g/mol. The molecule has 152 valence electrons. The first-order valence-electron chi connectivity index (χ1n) is 9.32. The molecular weight excluding hydrogens is 427 g/mol. The largest absolute Gasteiger partial charge is 0.325 e. The maximum absolute atomic E-state index is 12.6. The number of carbonyl (C=O) groups excluding carboxylic acids is 1. The SMILES string of the molecule is CCc1cccc(CC)c1NC(=O)CSc1nnc(-c2ccc(Cl)c(Cl)c2)n1C. The second-order valence-electron chi connectivity index (χ2n) is 6.49. The number of aromatic nitrogens is 3. The van der Waals surface area contributed by atoms with Gasteiger partial charge in [0.05, 0.1) is 15.8 Å². The molecule has 3 rings (SSSR count). The number of halogens is 2. The van der Waals surface area contributed by atoms with E-state index in [9.17, 15) is 4.79 Å². The Kier molecular flexibility index (Phi) is 7.22. The van der Waals surface area contributed by atoms with Crippen molar-refractivity contribution in [1.29, 1.82) is 0 Å². The van der Waals surface area contributed by atoms with Gasteiger partial charge in [-0.15, -0.1) is 10.2 Å². The van der Waals surface area contributed by atoms with Crippen LogP contribution in [0.1, 0.15) is 25.0 Å². The van der Waals surface area contributed by atoms with E-state index < -0.39 is 0 Å². The zero-order valence-electron chi connectivity index (χ0n) is 16.5. The number of rotatable bonds is 7. The summed E-state index contributed by atoms with van der Waals surface area (Å²) in [6, 6.07) is 11.5. The van der Waals surface area contributed by atoms with Gasteiger partial charge in [-0.25, -0.2) is 0 Å². The van der Waals surface area contributed by atoms with Crippen LogP contribution in [0.3, 0.4) is 0 Å². The number of hydrogen-bond acceptors (Lipinski definition) is 4. The van der Waals surface area contributed by atoms with E-state index in [1.54, 1.807) is 12.1 Å². The molecule has 2 aromatic carbocycles. The van der Waals surface area contributed by atoms with Crippen molar-refractivity contribution in [2.75, 3.05) is 11.1 Å². The normalized spacial score (nSPS) is 10.9. The summed E-state index contributed by atoms with van der Waals surface area (Å²) in [4.78, 5) is 12.6. The van der Waals surface area contributed by atoms with Gasteiger partial charge >= 0.3 is 0 Å². The Hall–Kier alpha value is -2.02. The lowest BCUT2D eigenvalue weighted by molar-refractivity contribution is -0.113. The summed E-state index contributed by atoms with van der Waals surface area (Å²) in [7, 11) is 1.86. The van der Waals surface area contributed by atoms with Crippen molar-refractivity contribution in [2.24, 2.45) is 7.05 Å². The molecule has 1 heterocycles. The Labute approximate surface area is 184 Å². The molecule has 0 bridgehead atoms. The van der Waals surface area contributed by atoms with Crippen LogP contribution < -0.4 is 5.32 Å². The molecular formula is C21H22Cl2N4OS. The summed E-state index contributed by atoms with van der Waals surface area (Å²) in [5.74, 6) is 0.843. The number of amides is 1. The third kappa shape index (κ3) is 4.94. The van der Waals surface area contributed by atoms with Crippen molar-refractivity contribution in [1.82, 2.24) is 14.8 Å². The van der Waals surface area contributed by atoms with Gasteiger partial charge in [-0.1, -0.05) is 67.0 Å². The quantitative estimate of drug-likeness (QED) is 0.474. The zero-order valence-corrected chi connectivity index (χ0v) is 18.8. The molecule has 0 radical (unpaired) electrons. The van der Waals surface area contributed by atoms with Crippen LogP contribution in [0.4, 0.5) is 5.69 Å². The van der Waals surface area contributed by atoms with Crippen molar-refractivity contribution in [2.45, 2.75) is 31.8 Å². The van der Waals surface area contributed by atoms with Gasteiger partial charge in [0.15, 0.2) is 11.0 Å². The van der Waals surface area contributed by atoms with Crippen LogP contribution in [-0.4, -0.2) is 26.4 Å². The first-order valence-corrected chi connectivity index (χ1v) is 11.1. The second-order valence-corrected chi connectivity index (χ2v) is 8.25. The monoisotopic (exact) mass is 448 g/mol. The van der Waals surface area contributed by atoms with Crippen LogP contribution in [0.15, 0.2) is 41.6 Å². The average Bonchev–Trinajstić information content (AvgIpc) is 3.09. The number of benzene rings is 2. The van der Waals surface area contributed by atoms with Gasteiger partial charge in [0, 0.05) is 18.3 Å². The molecule has 0 aliphatic heterocycles. The van der Waals surface area contributed by atoms with E-state index in [1.165, 1.54) is 11.8 Å². The lowest BCUT2D eigenvalue weighted by atomic mass is 10.0. The molecule has 1 aromatic heterocycles. The first kappa shape index (κ1) is 21.7. The first-order chi connectivity index (χ1) is 13.9. The van der Waals surface area contributed by atoms with E-state index in [4.69, 9.17) is 23.2 Å². The Morgan fingerprint density at radius 1 is 1.07 bits per heavy atom. The molecule has 0 aliphatic carbocycles. The number of para-hydroxylation sites is 1. The molecule has 0 saturated heterocycles. The van der Waals surface area contributed by atoms with E-state index in [0.717, 1.165) is 35.2 Å². The summed E-state index contributed by atoms with van der Waals surface area (Å²) >= 11 is 13.4. The number of aryl methyl sites for hydroxylation is 2. The Morgan fingerprint density at radius 3 is 2.38 bits per heavy atom. The summed E-state index contributed by atoms with van der Waals surface area (Å²) in [6.45, 7) is 4.17. The van der Waals surface area contributed by atoms with E-state index in [1.807, 2.05) is 35.9 Å². The number of nitrogens with one attached hydrogen (secondary N) is 1. The maximum Gasteiger partial charge on any atom is 0.234 e. The third-order valence-electron chi connectivity index (χ3n) is 4.61. The van der Waals surface area contributed by atoms with Crippen LogP contribution in [-0.2, 0) is 24.7 Å². The topological polar surface area (TPSA) is 59.8 Å². The zero-order chi connectivity index (χ0) is 21.0. The highest BCUT2D eigenvalue weighted by atomic mass is 35.5. The minimum Gasteiger partial charge on any atom is -0.325 e. The fourth-order valence-corrected chi connectivity index (χ4v) is 4.05. The smallest absolute Gasteiger partial charge is 0.234 e. The molecule has 0 aliphatic rings. The fraction of sp³-hybridized carbons (Fsp3) is 0.286. The van der Waals surface area contributed by atoms with Gasteiger partial charge in [0.1, 0.15) is 0 Å². The van der Waals surface area contributed by atoms with Crippen LogP contribution in [0, 0.1) is 0 Å². The fourth-order valence-electron chi connectivity index (χ4n) is 3.04. The molecule has 0 unspecified atom stereocenters. The summed E-state index contributed by atoms with van der Waals surface area (Å²) in [5.41, 5.74) is 4.03. The highest BCUT2D eigenvalue weighted by Gasteiger charge is 2.15. The molecule has 8 heteroatoms. The predicted molar refractivity (Wildman–Crippen MR) is 121 cm³/mol. The number of nitrogens with zero attached hydrogens (tertiary/aromatic N) is 3. The summed E-state index contributed by atoms with van der Waals surface area (Å²) < 4.78 is 1.84. The molecule has 0 fully saturated rings. The van der Waals surface area contributed by atoms with Crippen molar-refractivity contribution in [3.05, 3.63) is 57.6 Å². The van der Waals surface area contributed by atoms with Crippen molar-refractivity contribution in [3.8, 4) is 11.4 Å². The van der Waals surface area contributed by atoms with Gasteiger partial charge in [0.2, 0.25) is 5.91 Å². The Bertz CT molecular complexity index is 1010. The lowest BCUT2D eigenvalue weighted by Crippen LogP contribution is -2.17. The minimum absolute atomic E-state index is 0.0651. The standard InChI is InChI=1S/C21H22Cl2N4OS/c1-4-13-7-6-8-14(5-2)19(13)24-18(28)12-29-21-26-25-20(27(21)3)15-9-10-16(22)17(23)11-15/h6-11H,4-5,12H2,1-3H3,(H,24,28). The number of anilines is 1. The van der Waals surface area contributed by atoms with Gasteiger partial charge < -0.3 is 9.88 Å². The Morgan fingerprint density at radius 2 is 1.76 bits per heavy atom. The van der Waals surface area contributed by atoms with Crippen LogP contribution >= 0.6 is 35.0 Å². The van der Waals surface area contributed by atoms with E-state index in [0.29, 0.717) is 21.0 Å². The van der Waals surface area contributed by atoms with Crippen LogP contribution in [0.25, 0.3) is 11.4 Å². The molecule has 1 N–H and O–H groups in total. The molecule has 0 atom stereocenters. The highest BCUT2D eigenvalue weighted by Crippen LogP contribution is 2.29. The predicted octanol–water partition coefficient (Wildman–Crippen LogP) is 5.64. The second kappa shape index (κ2) is 9.65. The van der Waals surface area contributed by atoms with E-state index in [-0.39, 0.29) is 11.7 Å². The number of thioether (sulfide) groups is 1. The molecule has 29 heavy (non-hydrogen) atoms. The van der Waals surface area contributed by atoms with Crippen molar-refractivity contribution in [3.63, 3.8) is 0 Å². The van der Waals surface area contributed by atoms with Crippen LogP contribution in [0.2, 0.25) is 10.0 Å². The van der Waals surface area contributed by atoms with Gasteiger partial charge in [-0.3, -0.25) is 4.79 Å². The molecule has 5 nitrogen and oxygen atoms in total. The minimum atomic E-state index is -0.0651. The molecule has 0 saturated carbocycles.